The van der Waals surface area contributed by atoms with Gasteiger partial charge in [0.2, 0.25) is 6.29 Å². The van der Waals surface area contributed by atoms with E-state index in [1.807, 2.05) is 0 Å². The molecule has 19 heavy (non-hydrogen) atoms. The van der Waals surface area contributed by atoms with Crippen molar-refractivity contribution in [3.63, 3.8) is 0 Å². The zero-order valence-corrected chi connectivity index (χ0v) is 13.5. The molecule has 0 aliphatic heterocycles. The molecule has 2 N–H and O–H groups in total. The number of hydrogen-bond acceptors (Lipinski definition) is 4. The topological polar surface area (TPSA) is 61.6 Å². The number of hydrogen-bond donors (Lipinski definition) is 1. The summed E-state index contributed by atoms with van der Waals surface area (Å²) in [7, 11) is 0. The lowest BCUT2D eigenvalue weighted by Crippen LogP contribution is -2.44. The van der Waals surface area contributed by atoms with E-state index in [-0.39, 0.29) is 6.54 Å². The molecule has 0 saturated carbocycles. The van der Waals surface area contributed by atoms with Crippen LogP contribution in [0.5, 0.6) is 0 Å². The molecule has 2 atom stereocenters. The maximum absolute atomic E-state index is 12.2. The van der Waals surface area contributed by atoms with Gasteiger partial charge >= 0.3 is 12.1 Å². The van der Waals surface area contributed by atoms with Gasteiger partial charge in [0.1, 0.15) is 10.0 Å². The summed E-state index contributed by atoms with van der Waals surface area (Å²) in [6.45, 7) is 4.95. The Morgan fingerprint density at radius 3 is 2.05 bits per heavy atom. The van der Waals surface area contributed by atoms with E-state index in [0.29, 0.717) is 0 Å². The van der Waals surface area contributed by atoms with Crippen LogP contribution in [0.25, 0.3) is 0 Å². The van der Waals surface area contributed by atoms with Crippen LogP contribution in [0.15, 0.2) is 0 Å². The maximum atomic E-state index is 12.2. The third-order valence-electron chi connectivity index (χ3n) is 2.13. The van der Waals surface area contributed by atoms with Crippen molar-refractivity contribution in [2.75, 3.05) is 13.2 Å². The second-order valence-electron chi connectivity index (χ2n) is 5.43. The van der Waals surface area contributed by atoms with Crippen molar-refractivity contribution in [1.29, 1.82) is 0 Å². The van der Waals surface area contributed by atoms with Crippen molar-refractivity contribution in [2.24, 2.45) is 11.1 Å². The predicted octanol–water partition coefficient (Wildman–Crippen LogP) is 2.63. The zero-order chi connectivity index (χ0) is 15.5. The van der Waals surface area contributed by atoms with Crippen LogP contribution in [0, 0.1) is 5.41 Å². The molecule has 0 heterocycles. The number of rotatable bonds is 5. The molecule has 4 nitrogen and oxygen atoms in total. The smallest absolute Gasteiger partial charge is 0.411 e. The second-order valence-corrected chi connectivity index (χ2v) is 7.81. The van der Waals surface area contributed by atoms with Crippen LogP contribution in [0.1, 0.15) is 27.7 Å². The Kier molecular flexibility index (Phi) is 6.54. The minimum atomic E-state index is -4.47. The number of esters is 1. The van der Waals surface area contributed by atoms with E-state index in [1.165, 1.54) is 0 Å². The van der Waals surface area contributed by atoms with Gasteiger partial charge in [0.05, 0.1) is 0 Å². The summed E-state index contributed by atoms with van der Waals surface area (Å²) in [6.07, 6.45) is -5.76. The molecule has 0 aromatic heterocycles. The summed E-state index contributed by atoms with van der Waals surface area (Å²) in [4.78, 5) is 11.8. The van der Waals surface area contributed by atoms with E-state index in [9.17, 15) is 18.0 Å². The molecule has 8 heteroatoms. The summed E-state index contributed by atoms with van der Waals surface area (Å²) >= 11 is 1.79. The van der Waals surface area contributed by atoms with Crippen LogP contribution >= 0.6 is 22.6 Å². The molecule has 0 fully saturated rings. The molecule has 0 aromatic carbocycles. The van der Waals surface area contributed by atoms with E-state index in [1.54, 1.807) is 50.3 Å². The number of carbonyl (C=O) groups is 1. The SMILES string of the molecule is CC(I)(CN)C(=O)OC(OCC(F)(F)F)C(C)(C)C. The minimum absolute atomic E-state index is 0.0164. The van der Waals surface area contributed by atoms with Gasteiger partial charge in [-0.2, -0.15) is 13.2 Å². The van der Waals surface area contributed by atoms with Crippen molar-refractivity contribution in [3.8, 4) is 0 Å². The summed E-state index contributed by atoms with van der Waals surface area (Å²) in [6, 6.07) is 0. The van der Waals surface area contributed by atoms with Crippen molar-refractivity contribution in [1.82, 2.24) is 0 Å². The minimum Gasteiger partial charge on any atom is -0.434 e. The Hall–Kier alpha value is -0.0900. The number of halogens is 4. The first-order chi connectivity index (χ1) is 8.29. The summed E-state index contributed by atoms with van der Waals surface area (Å²) < 4.78 is 45.2. The van der Waals surface area contributed by atoms with Crippen molar-refractivity contribution in [3.05, 3.63) is 0 Å². The summed E-state index contributed by atoms with van der Waals surface area (Å²) in [5, 5.41) is 0. The molecule has 0 bridgehead atoms. The lowest BCUT2D eigenvalue weighted by molar-refractivity contribution is -0.250. The maximum Gasteiger partial charge on any atom is 0.411 e. The van der Waals surface area contributed by atoms with Crippen LogP contribution in [0.3, 0.4) is 0 Å². The van der Waals surface area contributed by atoms with Crippen LogP contribution in [-0.4, -0.2) is 35.0 Å². The predicted molar refractivity (Wildman–Crippen MR) is 72.8 cm³/mol. The van der Waals surface area contributed by atoms with E-state index < -0.39 is 33.9 Å². The average Bonchev–Trinajstić information content (AvgIpc) is 2.20. The summed E-state index contributed by atoms with van der Waals surface area (Å²) in [5.74, 6) is -0.697. The molecule has 2 unspecified atom stereocenters. The lowest BCUT2D eigenvalue weighted by atomic mass is 9.96. The van der Waals surface area contributed by atoms with E-state index in [0.717, 1.165) is 0 Å². The van der Waals surface area contributed by atoms with Crippen LogP contribution in [-0.2, 0) is 14.3 Å². The number of nitrogens with two attached hydrogens (primary N) is 1. The molecule has 0 spiro atoms. The van der Waals surface area contributed by atoms with Gasteiger partial charge in [-0.05, 0) is 6.92 Å². The number of alkyl halides is 4. The Morgan fingerprint density at radius 2 is 1.74 bits per heavy atom. The molecule has 0 radical (unpaired) electrons. The highest BCUT2D eigenvalue weighted by molar-refractivity contribution is 14.1. The van der Waals surface area contributed by atoms with E-state index >= 15 is 0 Å². The normalized spacial score (nSPS) is 17.7. The molecule has 0 rings (SSSR count). The first-order valence-electron chi connectivity index (χ1n) is 5.58. The molecular formula is C11H19F3INO3. The quantitative estimate of drug-likeness (QED) is 0.336. The van der Waals surface area contributed by atoms with Gasteiger partial charge in [-0.15, -0.1) is 0 Å². The zero-order valence-electron chi connectivity index (χ0n) is 11.3. The number of carbonyl (C=O) groups excluding carboxylic acids is 1. The largest absolute Gasteiger partial charge is 0.434 e. The van der Waals surface area contributed by atoms with Gasteiger partial charge in [-0.25, -0.2) is 0 Å². The molecule has 0 aliphatic rings. The van der Waals surface area contributed by atoms with Crippen molar-refractivity contribution in [2.45, 2.75) is 43.6 Å². The van der Waals surface area contributed by atoms with Crippen LogP contribution in [0.4, 0.5) is 13.2 Å². The van der Waals surface area contributed by atoms with E-state index in [2.05, 4.69) is 4.74 Å². The highest BCUT2D eigenvalue weighted by atomic mass is 127. The molecule has 0 amide bonds. The monoisotopic (exact) mass is 397 g/mol. The highest BCUT2D eigenvalue weighted by Gasteiger charge is 2.39. The molecule has 0 saturated heterocycles. The Morgan fingerprint density at radius 1 is 1.26 bits per heavy atom. The van der Waals surface area contributed by atoms with Crippen molar-refractivity contribution < 1.29 is 27.4 Å². The Balaban J connectivity index is 4.77. The molecule has 0 aliphatic carbocycles. The van der Waals surface area contributed by atoms with Gasteiger partial charge in [0.15, 0.2) is 0 Å². The van der Waals surface area contributed by atoms with Crippen LogP contribution < -0.4 is 5.73 Å². The Bertz CT molecular complexity index is 313. The first-order valence-corrected chi connectivity index (χ1v) is 6.66. The van der Waals surface area contributed by atoms with Gasteiger partial charge in [-0.3, -0.25) is 4.79 Å². The first kappa shape index (κ1) is 18.9. The fourth-order valence-corrected chi connectivity index (χ4v) is 1.06. The summed E-state index contributed by atoms with van der Waals surface area (Å²) in [5.41, 5.74) is 4.63. The fourth-order valence-electron chi connectivity index (χ4n) is 0.934. The standard InChI is InChI=1S/C11H19F3INO3/c1-9(2,3)8(18-6-11(12,13)14)19-7(17)10(4,15)5-16/h8H,5-6,16H2,1-4H3. The molecule has 114 valence electrons. The van der Waals surface area contributed by atoms with Gasteiger partial charge in [0, 0.05) is 12.0 Å². The highest BCUT2D eigenvalue weighted by Crippen LogP contribution is 2.28. The van der Waals surface area contributed by atoms with E-state index in [4.69, 9.17) is 10.5 Å². The Labute approximate surface area is 124 Å². The van der Waals surface area contributed by atoms with Gasteiger partial charge in [-0.1, -0.05) is 43.4 Å². The van der Waals surface area contributed by atoms with Gasteiger partial charge < -0.3 is 15.2 Å². The number of ether oxygens (including phenoxy) is 2. The third-order valence-corrected chi connectivity index (χ3v) is 3.01. The van der Waals surface area contributed by atoms with Crippen molar-refractivity contribution >= 4 is 28.6 Å². The molecule has 0 aromatic rings. The lowest BCUT2D eigenvalue weighted by Gasteiger charge is -2.32. The van der Waals surface area contributed by atoms with Gasteiger partial charge in [0.25, 0.3) is 0 Å². The third kappa shape index (κ3) is 7.31. The average molecular weight is 397 g/mol. The molecular weight excluding hydrogens is 378 g/mol. The fraction of sp³-hybridized carbons (Fsp3) is 0.909. The second kappa shape index (κ2) is 6.57. The van der Waals surface area contributed by atoms with Crippen LogP contribution in [0.2, 0.25) is 0 Å².